The molecule has 0 saturated heterocycles. The summed E-state index contributed by atoms with van der Waals surface area (Å²) >= 11 is 0. The molecule has 0 heterocycles. The van der Waals surface area contributed by atoms with Crippen molar-refractivity contribution in [2.45, 2.75) is 6.61 Å². The summed E-state index contributed by atoms with van der Waals surface area (Å²) < 4.78 is 41.3. The number of halogens is 3. The van der Waals surface area contributed by atoms with E-state index in [0.717, 1.165) is 18.2 Å². The van der Waals surface area contributed by atoms with E-state index in [1.54, 1.807) is 6.07 Å². The van der Waals surface area contributed by atoms with Crippen LogP contribution in [0.15, 0.2) is 29.5 Å². The van der Waals surface area contributed by atoms with Gasteiger partial charge in [-0.15, -0.1) is 0 Å². The third-order valence-corrected chi connectivity index (χ3v) is 1.95. The van der Waals surface area contributed by atoms with Gasteiger partial charge < -0.3 is 10.1 Å². The molecular formula is C12H5F3N4O. The van der Waals surface area contributed by atoms with Crippen molar-refractivity contribution in [3.05, 3.63) is 35.3 Å². The van der Waals surface area contributed by atoms with Crippen LogP contribution in [0.5, 0.6) is 5.75 Å². The van der Waals surface area contributed by atoms with Crippen molar-refractivity contribution >= 4 is 5.69 Å². The van der Waals surface area contributed by atoms with Crippen LogP contribution in [0.2, 0.25) is 0 Å². The van der Waals surface area contributed by atoms with Gasteiger partial charge >= 0.3 is 6.61 Å². The van der Waals surface area contributed by atoms with Crippen LogP contribution in [0.3, 0.4) is 0 Å². The molecule has 0 aliphatic rings. The van der Waals surface area contributed by atoms with Gasteiger partial charge in [0.25, 0.3) is 0 Å². The molecule has 1 aromatic rings. The zero-order valence-corrected chi connectivity index (χ0v) is 9.69. The Kier molecular flexibility index (Phi) is 4.96. The first-order valence-electron chi connectivity index (χ1n) is 4.97. The van der Waals surface area contributed by atoms with Gasteiger partial charge in [-0.25, -0.2) is 4.39 Å². The molecule has 20 heavy (non-hydrogen) atoms. The van der Waals surface area contributed by atoms with Gasteiger partial charge in [-0.3, -0.25) is 0 Å². The maximum Gasteiger partial charge on any atom is 0.387 e. The second-order valence-corrected chi connectivity index (χ2v) is 3.26. The van der Waals surface area contributed by atoms with Gasteiger partial charge in [0.05, 0.1) is 0 Å². The zero-order chi connectivity index (χ0) is 15.1. The number of nitrogens with zero attached hydrogens (tertiary/aromatic N) is 3. The quantitative estimate of drug-likeness (QED) is 0.854. The molecule has 0 atom stereocenters. The summed E-state index contributed by atoms with van der Waals surface area (Å²) in [7, 11) is 0. The molecule has 8 heteroatoms. The van der Waals surface area contributed by atoms with Crippen molar-refractivity contribution in [3.63, 3.8) is 0 Å². The number of alkyl halides is 2. The predicted octanol–water partition coefficient (Wildman–Crippen LogP) is 2.66. The molecule has 1 aromatic carbocycles. The van der Waals surface area contributed by atoms with Crippen LogP contribution >= 0.6 is 0 Å². The fourth-order valence-corrected chi connectivity index (χ4v) is 1.23. The van der Waals surface area contributed by atoms with Crippen molar-refractivity contribution in [2.75, 3.05) is 5.32 Å². The molecule has 100 valence electrons. The van der Waals surface area contributed by atoms with Crippen LogP contribution < -0.4 is 10.1 Å². The molecule has 0 fully saturated rings. The zero-order valence-electron chi connectivity index (χ0n) is 9.69. The Morgan fingerprint density at radius 2 is 1.75 bits per heavy atom. The number of nitriles is 3. The molecular weight excluding hydrogens is 273 g/mol. The molecule has 0 unspecified atom stereocenters. The van der Waals surface area contributed by atoms with Crippen molar-refractivity contribution in [3.8, 4) is 24.0 Å². The lowest BCUT2D eigenvalue weighted by Crippen LogP contribution is -2.04. The third-order valence-electron chi connectivity index (χ3n) is 1.95. The minimum Gasteiger partial charge on any atom is -0.435 e. The molecule has 0 bridgehead atoms. The smallest absolute Gasteiger partial charge is 0.387 e. The van der Waals surface area contributed by atoms with E-state index in [1.807, 2.05) is 0 Å². The van der Waals surface area contributed by atoms with E-state index in [9.17, 15) is 13.2 Å². The summed E-state index contributed by atoms with van der Waals surface area (Å²) in [6.45, 7) is -3.13. The highest BCUT2D eigenvalue weighted by Gasteiger charge is 2.10. The molecule has 1 rings (SSSR count). The Labute approximate surface area is 111 Å². The largest absolute Gasteiger partial charge is 0.435 e. The van der Waals surface area contributed by atoms with Crippen LogP contribution in [-0.2, 0) is 0 Å². The molecule has 1 N–H and O–H groups in total. The molecule has 0 spiro atoms. The summed E-state index contributed by atoms with van der Waals surface area (Å²) in [6.07, 6.45) is 0. The first kappa shape index (κ1) is 14.9. The first-order valence-corrected chi connectivity index (χ1v) is 4.97. The average Bonchev–Trinajstić information content (AvgIpc) is 2.37. The van der Waals surface area contributed by atoms with E-state index in [4.69, 9.17) is 15.8 Å². The Hall–Kier alpha value is -3.18. The molecule has 0 amide bonds. The fourth-order valence-electron chi connectivity index (χ4n) is 1.23. The van der Waals surface area contributed by atoms with Crippen molar-refractivity contribution in [1.82, 2.24) is 0 Å². The van der Waals surface area contributed by atoms with Crippen molar-refractivity contribution in [1.29, 1.82) is 15.8 Å². The number of nitrogens with one attached hydrogen (secondary N) is 1. The molecule has 0 aromatic heterocycles. The number of rotatable bonds is 4. The van der Waals surface area contributed by atoms with Crippen LogP contribution in [0, 0.1) is 39.8 Å². The monoisotopic (exact) mass is 278 g/mol. The number of allylic oxidation sites excluding steroid dienone is 2. The highest BCUT2D eigenvalue weighted by atomic mass is 19.3. The van der Waals surface area contributed by atoms with Gasteiger partial charge in [0.1, 0.15) is 35.5 Å². The van der Waals surface area contributed by atoms with E-state index < -0.39 is 29.4 Å². The Morgan fingerprint density at radius 1 is 1.10 bits per heavy atom. The Balaban J connectivity index is 3.14. The van der Waals surface area contributed by atoms with Crippen molar-refractivity contribution in [2.24, 2.45) is 0 Å². The second-order valence-electron chi connectivity index (χ2n) is 3.26. The summed E-state index contributed by atoms with van der Waals surface area (Å²) in [5, 5.41) is 28.3. The number of benzene rings is 1. The van der Waals surface area contributed by atoms with E-state index in [1.165, 1.54) is 12.1 Å². The van der Waals surface area contributed by atoms with E-state index in [2.05, 4.69) is 10.1 Å². The van der Waals surface area contributed by atoms with Gasteiger partial charge in [-0.2, -0.15) is 24.6 Å². The predicted molar refractivity (Wildman–Crippen MR) is 60.5 cm³/mol. The second kappa shape index (κ2) is 6.67. The average molecular weight is 278 g/mol. The standard InChI is InChI=1S/C12H5F3N4O/c13-8-1-9(3-10(2-8)20-12(14)15)19-11(6-18)7(4-16)5-17/h1-3,12,19H. The van der Waals surface area contributed by atoms with Crippen LogP contribution in [0.1, 0.15) is 0 Å². The first-order chi connectivity index (χ1) is 9.49. The van der Waals surface area contributed by atoms with Crippen LogP contribution in [0.4, 0.5) is 18.9 Å². The van der Waals surface area contributed by atoms with Gasteiger partial charge in [0.2, 0.25) is 0 Å². The van der Waals surface area contributed by atoms with Crippen LogP contribution in [-0.4, -0.2) is 6.61 Å². The number of hydrogen-bond donors (Lipinski definition) is 1. The Bertz CT molecular complexity index is 649. The van der Waals surface area contributed by atoms with Gasteiger partial charge in [0, 0.05) is 17.8 Å². The molecule has 0 aliphatic carbocycles. The van der Waals surface area contributed by atoms with Gasteiger partial charge in [-0.05, 0) is 6.07 Å². The fraction of sp³-hybridized carbons (Fsp3) is 0.0833. The minimum atomic E-state index is -3.13. The van der Waals surface area contributed by atoms with Crippen LogP contribution in [0.25, 0.3) is 0 Å². The highest BCUT2D eigenvalue weighted by Crippen LogP contribution is 2.23. The van der Waals surface area contributed by atoms with E-state index >= 15 is 0 Å². The van der Waals surface area contributed by atoms with Crippen molar-refractivity contribution < 1.29 is 17.9 Å². The lowest BCUT2D eigenvalue weighted by atomic mass is 10.2. The van der Waals surface area contributed by atoms with Gasteiger partial charge in [0.15, 0.2) is 5.57 Å². The van der Waals surface area contributed by atoms with E-state index in [-0.39, 0.29) is 5.69 Å². The molecule has 0 aliphatic heterocycles. The lowest BCUT2D eigenvalue weighted by molar-refractivity contribution is -0.0499. The molecule has 5 nitrogen and oxygen atoms in total. The number of ether oxygens (including phenoxy) is 1. The SMILES string of the molecule is N#CC(C#N)=C(C#N)Nc1cc(F)cc(OC(F)F)c1. The number of hydrogen-bond acceptors (Lipinski definition) is 5. The van der Waals surface area contributed by atoms with Gasteiger partial charge in [-0.1, -0.05) is 0 Å². The minimum absolute atomic E-state index is 0.111. The highest BCUT2D eigenvalue weighted by molar-refractivity contribution is 5.59. The number of anilines is 1. The Morgan fingerprint density at radius 3 is 2.25 bits per heavy atom. The molecule has 0 saturated carbocycles. The normalized spacial score (nSPS) is 9.05. The topological polar surface area (TPSA) is 92.6 Å². The summed E-state index contributed by atoms with van der Waals surface area (Å²) in [6, 6.07) is 7.10. The summed E-state index contributed by atoms with van der Waals surface area (Å²) in [4.78, 5) is 0. The maximum atomic E-state index is 13.2. The third kappa shape index (κ3) is 3.94. The maximum absolute atomic E-state index is 13.2. The summed E-state index contributed by atoms with van der Waals surface area (Å²) in [5.74, 6) is -1.35. The summed E-state index contributed by atoms with van der Waals surface area (Å²) in [5.41, 5.74) is -1.06. The molecule has 0 radical (unpaired) electrons. The lowest BCUT2D eigenvalue weighted by Gasteiger charge is -2.09. The van der Waals surface area contributed by atoms with E-state index in [0.29, 0.717) is 0 Å².